The zero-order valence-electron chi connectivity index (χ0n) is 10.7. The summed E-state index contributed by atoms with van der Waals surface area (Å²) in [6, 6.07) is 15.3. The molecule has 20 heavy (non-hydrogen) atoms. The van der Waals surface area contributed by atoms with Crippen LogP contribution in [0.2, 0.25) is 0 Å². The Kier molecular flexibility index (Phi) is 3.40. The van der Waals surface area contributed by atoms with Crippen molar-refractivity contribution in [3.8, 4) is 0 Å². The van der Waals surface area contributed by atoms with Crippen molar-refractivity contribution >= 4 is 33.3 Å². The second-order valence-electron chi connectivity index (χ2n) is 4.68. The Bertz CT molecular complexity index is 682. The molecule has 100 valence electrons. The van der Waals surface area contributed by atoms with Crippen LogP contribution in [0.1, 0.15) is 15.9 Å². The highest BCUT2D eigenvalue weighted by molar-refractivity contribution is 9.10. The molecule has 1 heterocycles. The van der Waals surface area contributed by atoms with E-state index in [0.29, 0.717) is 17.8 Å². The number of rotatable bonds is 3. The monoisotopic (exact) mass is 329 g/mol. The minimum Gasteiger partial charge on any atom is -0.304 e. The molecule has 1 aliphatic heterocycles. The average Bonchev–Trinajstić information content (AvgIpc) is 2.70. The Labute approximate surface area is 125 Å². The van der Waals surface area contributed by atoms with Gasteiger partial charge in [-0.2, -0.15) is 0 Å². The van der Waals surface area contributed by atoms with E-state index in [0.717, 1.165) is 16.5 Å². The maximum Gasteiger partial charge on any atom is 0.299 e. The van der Waals surface area contributed by atoms with Crippen molar-refractivity contribution in [3.63, 3.8) is 0 Å². The average molecular weight is 330 g/mol. The standard InChI is InChI=1S/C16H12BrNO2/c17-12-6-7-14-13(10-12)15(19)16(20)18(14)9-8-11-4-2-1-3-5-11/h1-7,10H,8-9H2. The van der Waals surface area contributed by atoms with Gasteiger partial charge in [-0.05, 0) is 30.2 Å². The molecule has 0 unspecified atom stereocenters. The van der Waals surface area contributed by atoms with E-state index in [4.69, 9.17) is 0 Å². The zero-order chi connectivity index (χ0) is 14.1. The lowest BCUT2D eigenvalue weighted by Gasteiger charge is -2.16. The number of Topliss-reactive ketones (excluding diaryl/α,β-unsaturated/α-hetero) is 1. The normalized spacial score (nSPS) is 13.8. The van der Waals surface area contributed by atoms with Crippen molar-refractivity contribution in [1.82, 2.24) is 0 Å². The van der Waals surface area contributed by atoms with Crippen LogP contribution in [-0.2, 0) is 11.2 Å². The molecule has 0 N–H and O–H groups in total. The van der Waals surface area contributed by atoms with Crippen molar-refractivity contribution in [2.45, 2.75) is 6.42 Å². The maximum atomic E-state index is 12.1. The van der Waals surface area contributed by atoms with Gasteiger partial charge in [-0.3, -0.25) is 9.59 Å². The molecule has 3 nitrogen and oxygen atoms in total. The molecule has 0 aliphatic carbocycles. The van der Waals surface area contributed by atoms with Gasteiger partial charge in [-0.25, -0.2) is 0 Å². The number of nitrogens with zero attached hydrogens (tertiary/aromatic N) is 1. The number of carbonyl (C=O) groups is 2. The first-order valence-corrected chi connectivity index (χ1v) is 7.16. The van der Waals surface area contributed by atoms with Crippen LogP contribution in [0, 0.1) is 0 Å². The smallest absolute Gasteiger partial charge is 0.299 e. The number of anilines is 1. The molecule has 4 heteroatoms. The molecule has 1 amide bonds. The summed E-state index contributed by atoms with van der Waals surface area (Å²) in [4.78, 5) is 25.6. The Morgan fingerprint density at radius 3 is 2.50 bits per heavy atom. The van der Waals surface area contributed by atoms with E-state index in [9.17, 15) is 9.59 Å². The van der Waals surface area contributed by atoms with Crippen LogP contribution in [0.3, 0.4) is 0 Å². The fourth-order valence-corrected chi connectivity index (χ4v) is 2.74. The quantitative estimate of drug-likeness (QED) is 0.811. The summed E-state index contributed by atoms with van der Waals surface area (Å²) in [6.45, 7) is 0.517. The molecule has 0 fully saturated rings. The minimum atomic E-state index is -0.436. The molecule has 0 radical (unpaired) electrons. The molecular weight excluding hydrogens is 318 g/mol. The molecule has 0 spiro atoms. The molecular formula is C16H12BrNO2. The maximum absolute atomic E-state index is 12.1. The number of carbonyl (C=O) groups excluding carboxylic acids is 2. The van der Waals surface area contributed by atoms with Crippen LogP contribution in [0.15, 0.2) is 53.0 Å². The van der Waals surface area contributed by atoms with E-state index in [1.54, 1.807) is 11.0 Å². The third-order valence-corrected chi connectivity index (χ3v) is 3.89. The van der Waals surface area contributed by atoms with E-state index < -0.39 is 11.7 Å². The molecule has 0 saturated heterocycles. The van der Waals surface area contributed by atoms with Crippen molar-refractivity contribution in [2.24, 2.45) is 0 Å². The van der Waals surface area contributed by atoms with Crippen LogP contribution < -0.4 is 4.90 Å². The van der Waals surface area contributed by atoms with Crippen molar-refractivity contribution < 1.29 is 9.59 Å². The van der Waals surface area contributed by atoms with Gasteiger partial charge in [-0.1, -0.05) is 46.3 Å². The van der Waals surface area contributed by atoms with Gasteiger partial charge in [0.25, 0.3) is 11.7 Å². The molecule has 0 atom stereocenters. The van der Waals surface area contributed by atoms with E-state index in [-0.39, 0.29) is 0 Å². The summed E-state index contributed by atoms with van der Waals surface area (Å²) < 4.78 is 0.808. The van der Waals surface area contributed by atoms with Gasteiger partial charge in [0.15, 0.2) is 0 Å². The van der Waals surface area contributed by atoms with E-state index in [1.165, 1.54) is 0 Å². The molecule has 3 rings (SSSR count). The highest BCUT2D eigenvalue weighted by Gasteiger charge is 2.35. The number of ketones is 1. The Hall–Kier alpha value is -1.94. The molecule has 2 aromatic carbocycles. The minimum absolute atomic E-state index is 0.422. The van der Waals surface area contributed by atoms with Gasteiger partial charge in [0.05, 0.1) is 11.3 Å². The zero-order valence-corrected chi connectivity index (χ0v) is 12.3. The number of halogens is 1. The summed E-state index contributed by atoms with van der Waals surface area (Å²) in [7, 11) is 0. The Balaban J connectivity index is 1.84. The summed E-state index contributed by atoms with van der Waals surface area (Å²) in [5, 5.41) is 0. The number of hydrogen-bond donors (Lipinski definition) is 0. The second-order valence-corrected chi connectivity index (χ2v) is 5.60. The third-order valence-electron chi connectivity index (χ3n) is 3.40. The molecule has 0 aromatic heterocycles. The lowest BCUT2D eigenvalue weighted by Crippen LogP contribution is -2.31. The predicted octanol–water partition coefficient (Wildman–Crippen LogP) is 3.22. The third kappa shape index (κ3) is 2.27. The lowest BCUT2D eigenvalue weighted by molar-refractivity contribution is -0.114. The molecule has 1 aliphatic rings. The lowest BCUT2D eigenvalue weighted by atomic mass is 10.1. The first-order valence-electron chi connectivity index (χ1n) is 6.36. The van der Waals surface area contributed by atoms with Crippen molar-refractivity contribution in [2.75, 3.05) is 11.4 Å². The molecule has 2 aromatic rings. The highest BCUT2D eigenvalue weighted by Crippen LogP contribution is 2.31. The Morgan fingerprint density at radius 1 is 1.00 bits per heavy atom. The van der Waals surface area contributed by atoms with Crippen LogP contribution in [-0.4, -0.2) is 18.2 Å². The SMILES string of the molecule is O=C1C(=O)N(CCc2ccccc2)c2ccc(Br)cc21. The van der Waals surface area contributed by atoms with Crippen LogP contribution in [0.25, 0.3) is 0 Å². The van der Waals surface area contributed by atoms with E-state index in [1.807, 2.05) is 42.5 Å². The second kappa shape index (κ2) is 5.21. The van der Waals surface area contributed by atoms with E-state index in [2.05, 4.69) is 15.9 Å². The summed E-state index contributed by atoms with van der Waals surface area (Å²) >= 11 is 3.33. The van der Waals surface area contributed by atoms with Gasteiger partial charge in [0.1, 0.15) is 0 Å². The molecule has 0 saturated carbocycles. The Morgan fingerprint density at radius 2 is 1.75 bits per heavy atom. The van der Waals surface area contributed by atoms with Crippen LogP contribution in [0.5, 0.6) is 0 Å². The van der Waals surface area contributed by atoms with Gasteiger partial charge in [0.2, 0.25) is 0 Å². The van der Waals surface area contributed by atoms with Gasteiger partial charge in [0, 0.05) is 11.0 Å². The predicted molar refractivity (Wildman–Crippen MR) is 81.0 cm³/mol. The van der Waals surface area contributed by atoms with Crippen molar-refractivity contribution in [3.05, 3.63) is 64.1 Å². The topological polar surface area (TPSA) is 37.4 Å². The highest BCUT2D eigenvalue weighted by atomic mass is 79.9. The summed E-state index contributed by atoms with van der Waals surface area (Å²) in [6.07, 6.45) is 0.732. The number of fused-ring (bicyclic) bond motifs is 1. The summed E-state index contributed by atoms with van der Waals surface area (Å²) in [5.41, 5.74) is 2.34. The summed E-state index contributed by atoms with van der Waals surface area (Å²) in [5.74, 6) is -0.858. The largest absolute Gasteiger partial charge is 0.304 e. The van der Waals surface area contributed by atoms with E-state index >= 15 is 0 Å². The van der Waals surface area contributed by atoms with Gasteiger partial charge in [-0.15, -0.1) is 0 Å². The van der Waals surface area contributed by atoms with Gasteiger partial charge >= 0.3 is 0 Å². The fraction of sp³-hybridized carbons (Fsp3) is 0.125. The van der Waals surface area contributed by atoms with Crippen LogP contribution in [0.4, 0.5) is 5.69 Å². The molecule has 0 bridgehead atoms. The first-order chi connectivity index (χ1) is 9.66. The van der Waals surface area contributed by atoms with Crippen molar-refractivity contribution in [1.29, 1.82) is 0 Å². The van der Waals surface area contributed by atoms with Gasteiger partial charge < -0.3 is 4.90 Å². The number of hydrogen-bond acceptors (Lipinski definition) is 2. The first kappa shape index (κ1) is 13.1. The fourth-order valence-electron chi connectivity index (χ4n) is 2.38. The number of benzene rings is 2. The number of amides is 1. The van der Waals surface area contributed by atoms with Crippen LogP contribution >= 0.6 is 15.9 Å².